The molecule has 90 valence electrons. The van der Waals surface area contributed by atoms with Gasteiger partial charge in [-0.1, -0.05) is 23.2 Å². The summed E-state index contributed by atoms with van der Waals surface area (Å²) in [6.45, 7) is -0.258. The quantitative estimate of drug-likeness (QED) is 0.818. The van der Waals surface area contributed by atoms with Crippen LogP contribution in [0.15, 0.2) is 12.1 Å². The molecule has 0 saturated heterocycles. The van der Waals surface area contributed by atoms with Gasteiger partial charge in [0, 0.05) is 6.54 Å². The second-order valence-corrected chi connectivity index (χ2v) is 3.96. The van der Waals surface area contributed by atoms with Crippen LogP contribution in [0.3, 0.4) is 0 Å². The maximum Gasteiger partial charge on any atom is 0.390 e. The summed E-state index contributed by atoms with van der Waals surface area (Å²) < 4.78 is 35.7. The Morgan fingerprint density at radius 3 is 2.31 bits per heavy atom. The van der Waals surface area contributed by atoms with E-state index in [1.54, 1.807) is 0 Å². The molecule has 0 heterocycles. The van der Waals surface area contributed by atoms with Crippen molar-refractivity contribution in [3.05, 3.63) is 22.2 Å². The van der Waals surface area contributed by atoms with E-state index in [4.69, 9.17) is 28.9 Å². The molecule has 0 spiro atoms. The Hall–Kier alpha value is -0.810. The SMILES string of the molecule is Nc1cc(Cl)c(Cl)cc1NCCC(F)(F)F. The van der Waals surface area contributed by atoms with Crippen molar-refractivity contribution in [3.8, 4) is 0 Å². The summed E-state index contributed by atoms with van der Waals surface area (Å²) in [6.07, 6.45) is -5.13. The molecule has 0 aromatic heterocycles. The molecule has 0 aliphatic heterocycles. The number of halogens is 5. The highest BCUT2D eigenvalue weighted by molar-refractivity contribution is 6.42. The number of anilines is 2. The van der Waals surface area contributed by atoms with Gasteiger partial charge in [-0.25, -0.2) is 0 Å². The lowest BCUT2D eigenvalue weighted by Crippen LogP contribution is -2.15. The molecule has 0 bridgehead atoms. The summed E-state index contributed by atoms with van der Waals surface area (Å²) in [5, 5.41) is 3.05. The van der Waals surface area contributed by atoms with Crippen molar-refractivity contribution in [2.45, 2.75) is 12.6 Å². The number of nitrogen functional groups attached to an aromatic ring is 1. The molecule has 0 aliphatic rings. The van der Waals surface area contributed by atoms with E-state index in [2.05, 4.69) is 5.32 Å². The number of nitrogens with two attached hydrogens (primary N) is 1. The minimum Gasteiger partial charge on any atom is -0.397 e. The number of hydrogen-bond donors (Lipinski definition) is 2. The molecule has 0 unspecified atom stereocenters. The second-order valence-electron chi connectivity index (χ2n) is 3.15. The molecule has 2 nitrogen and oxygen atoms in total. The zero-order chi connectivity index (χ0) is 12.3. The third kappa shape index (κ3) is 3.98. The van der Waals surface area contributed by atoms with Crippen molar-refractivity contribution in [3.63, 3.8) is 0 Å². The van der Waals surface area contributed by atoms with Crippen molar-refractivity contribution < 1.29 is 13.2 Å². The lowest BCUT2D eigenvalue weighted by Gasteiger charge is -2.11. The van der Waals surface area contributed by atoms with Gasteiger partial charge >= 0.3 is 6.18 Å². The van der Waals surface area contributed by atoms with Gasteiger partial charge in [-0.3, -0.25) is 0 Å². The van der Waals surface area contributed by atoms with E-state index in [0.717, 1.165) is 0 Å². The number of rotatable bonds is 3. The van der Waals surface area contributed by atoms with Gasteiger partial charge in [0.15, 0.2) is 0 Å². The van der Waals surface area contributed by atoms with E-state index in [1.165, 1.54) is 12.1 Å². The highest BCUT2D eigenvalue weighted by atomic mass is 35.5. The number of alkyl halides is 3. The fraction of sp³-hybridized carbons (Fsp3) is 0.333. The summed E-state index contributed by atoms with van der Waals surface area (Å²) in [7, 11) is 0. The first-order chi connectivity index (χ1) is 7.29. The zero-order valence-corrected chi connectivity index (χ0v) is 9.55. The van der Waals surface area contributed by atoms with Gasteiger partial charge in [0.1, 0.15) is 0 Å². The molecule has 0 aliphatic carbocycles. The minimum atomic E-state index is -4.20. The van der Waals surface area contributed by atoms with Gasteiger partial charge in [-0.05, 0) is 12.1 Å². The Morgan fingerprint density at radius 2 is 1.75 bits per heavy atom. The smallest absolute Gasteiger partial charge is 0.390 e. The third-order valence-corrected chi connectivity index (χ3v) is 2.54. The highest BCUT2D eigenvalue weighted by Gasteiger charge is 2.26. The van der Waals surface area contributed by atoms with E-state index < -0.39 is 12.6 Å². The largest absolute Gasteiger partial charge is 0.397 e. The summed E-state index contributed by atoms with van der Waals surface area (Å²) >= 11 is 11.4. The number of benzene rings is 1. The molecule has 1 aromatic rings. The van der Waals surface area contributed by atoms with Crippen molar-refractivity contribution in [2.24, 2.45) is 0 Å². The first kappa shape index (κ1) is 13.3. The Balaban J connectivity index is 2.64. The van der Waals surface area contributed by atoms with Crippen LogP contribution in [0.4, 0.5) is 24.5 Å². The Bertz CT molecular complexity index is 380. The molecular weight excluding hydrogens is 264 g/mol. The summed E-state index contributed by atoms with van der Waals surface area (Å²) in [5.74, 6) is 0. The zero-order valence-electron chi connectivity index (χ0n) is 8.04. The fourth-order valence-electron chi connectivity index (χ4n) is 1.05. The van der Waals surface area contributed by atoms with Gasteiger partial charge in [0.25, 0.3) is 0 Å². The van der Waals surface area contributed by atoms with Crippen molar-refractivity contribution in [1.82, 2.24) is 0 Å². The first-order valence-electron chi connectivity index (χ1n) is 4.35. The monoisotopic (exact) mass is 272 g/mol. The van der Waals surface area contributed by atoms with E-state index in [0.29, 0.717) is 5.69 Å². The van der Waals surface area contributed by atoms with Crippen molar-refractivity contribution in [1.29, 1.82) is 0 Å². The molecular formula is C9H9Cl2F3N2. The lowest BCUT2D eigenvalue weighted by molar-refractivity contribution is -0.131. The summed E-state index contributed by atoms with van der Waals surface area (Å²) in [6, 6.07) is 2.79. The molecule has 0 saturated carbocycles. The molecule has 0 radical (unpaired) electrons. The third-order valence-electron chi connectivity index (χ3n) is 1.82. The summed E-state index contributed by atoms with van der Waals surface area (Å²) in [4.78, 5) is 0. The average Bonchev–Trinajstić information content (AvgIpc) is 2.11. The normalized spacial score (nSPS) is 11.6. The van der Waals surface area contributed by atoms with Crippen LogP contribution in [0.5, 0.6) is 0 Å². The predicted octanol–water partition coefficient (Wildman–Crippen LogP) is 3.94. The van der Waals surface area contributed by atoms with Crippen LogP contribution in [0.1, 0.15) is 6.42 Å². The molecule has 0 fully saturated rings. The van der Waals surface area contributed by atoms with Crippen LogP contribution in [0.25, 0.3) is 0 Å². The molecule has 1 rings (SSSR count). The molecule has 16 heavy (non-hydrogen) atoms. The van der Waals surface area contributed by atoms with Crippen LogP contribution in [-0.2, 0) is 0 Å². The van der Waals surface area contributed by atoms with Gasteiger partial charge in [-0.15, -0.1) is 0 Å². The first-order valence-corrected chi connectivity index (χ1v) is 5.10. The van der Waals surface area contributed by atoms with Crippen LogP contribution in [0.2, 0.25) is 10.0 Å². The Morgan fingerprint density at radius 1 is 1.19 bits per heavy atom. The summed E-state index contributed by atoms with van der Waals surface area (Å²) in [5.41, 5.74) is 6.16. The lowest BCUT2D eigenvalue weighted by atomic mass is 10.2. The maximum absolute atomic E-state index is 11.9. The van der Waals surface area contributed by atoms with E-state index in [1.807, 2.05) is 0 Å². The number of hydrogen-bond acceptors (Lipinski definition) is 2. The van der Waals surface area contributed by atoms with Crippen LogP contribution >= 0.6 is 23.2 Å². The average molecular weight is 273 g/mol. The standard InChI is InChI=1S/C9H9Cl2F3N2/c10-5-3-7(15)8(4-6(5)11)16-2-1-9(12,13)14/h3-4,16H,1-2,15H2. The van der Waals surface area contributed by atoms with Gasteiger partial charge in [0.05, 0.1) is 27.8 Å². The van der Waals surface area contributed by atoms with E-state index in [9.17, 15) is 13.2 Å². The van der Waals surface area contributed by atoms with Gasteiger partial charge in [-0.2, -0.15) is 13.2 Å². The topological polar surface area (TPSA) is 38.0 Å². The molecule has 0 atom stereocenters. The van der Waals surface area contributed by atoms with Gasteiger partial charge < -0.3 is 11.1 Å². The fourth-order valence-corrected chi connectivity index (χ4v) is 1.39. The Kier molecular flexibility index (Phi) is 4.15. The highest BCUT2D eigenvalue weighted by Crippen LogP contribution is 2.31. The van der Waals surface area contributed by atoms with Gasteiger partial charge in [0.2, 0.25) is 0 Å². The van der Waals surface area contributed by atoms with E-state index in [-0.39, 0.29) is 22.3 Å². The molecule has 7 heteroatoms. The van der Waals surface area contributed by atoms with Crippen molar-refractivity contribution in [2.75, 3.05) is 17.6 Å². The Labute approximate surface area is 101 Å². The van der Waals surface area contributed by atoms with E-state index >= 15 is 0 Å². The van der Waals surface area contributed by atoms with Crippen LogP contribution < -0.4 is 11.1 Å². The minimum absolute atomic E-state index is 0.241. The predicted molar refractivity (Wildman–Crippen MR) is 60.0 cm³/mol. The van der Waals surface area contributed by atoms with Crippen LogP contribution in [0, 0.1) is 0 Å². The molecule has 0 amide bonds. The maximum atomic E-state index is 11.9. The number of nitrogens with one attached hydrogen (secondary N) is 1. The molecule has 3 N–H and O–H groups in total. The second kappa shape index (κ2) is 5.01. The van der Waals surface area contributed by atoms with Crippen molar-refractivity contribution >= 4 is 34.6 Å². The molecule has 1 aromatic carbocycles. The van der Waals surface area contributed by atoms with Crippen LogP contribution in [-0.4, -0.2) is 12.7 Å².